The summed E-state index contributed by atoms with van der Waals surface area (Å²) < 4.78 is 16.7. The SMILES string of the molecule is CCCOCCOc1ccc(-c2nnc(C(C)(C)C)o2)cc1. The average molecular weight is 304 g/mol. The minimum atomic E-state index is -0.146. The van der Waals surface area contributed by atoms with Crippen LogP contribution in [0.3, 0.4) is 0 Å². The molecule has 0 saturated carbocycles. The van der Waals surface area contributed by atoms with Crippen LogP contribution in [-0.4, -0.2) is 30.0 Å². The maximum Gasteiger partial charge on any atom is 0.247 e. The van der Waals surface area contributed by atoms with E-state index in [1.807, 2.05) is 45.0 Å². The molecule has 0 saturated heterocycles. The summed E-state index contributed by atoms with van der Waals surface area (Å²) >= 11 is 0. The number of aromatic nitrogens is 2. The van der Waals surface area contributed by atoms with Gasteiger partial charge in [-0.15, -0.1) is 10.2 Å². The minimum Gasteiger partial charge on any atom is -0.491 e. The maximum absolute atomic E-state index is 5.72. The highest BCUT2D eigenvalue weighted by Gasteiger charge is 2.21. The molecular formula is C17H24N2O3. The van der Waals surface area contributed by atoms with Crippen LogP contribution in [-0.2, 0) is 10.2 Å². The van der Waals surface area contributed by atoms with Gasteiger partial charge in [-0.1, -0.05) is 27.7 Å². The lowest BCUT2D eigenvalue weighted by molar-refractivity contribution is 0.101. The second-order valence-corrected chi connectivity index (χ2v) is 6.15. The van der Waals surface area contributed by atoms with Crippen molar-refractivity contribution in [2.24, 2.45) is 0 Å². The van der Waals surface area contributed by atoms with Gasteiger partial charge in [-0.05, 0) is 30.7 Å². The summed E-state index contributed by atoms with van der Waals surface area (Å²) in [5.41, 5.74) is 0.741. The Bertz CT molecular complexity index is 570. The fourth-order valence-electron chi connectivity index (χ4n) is 1.80. The molecule has 0 spiro atoms. The smallest absolute Gasteiger partial charge is 0.247 e. The molecule has 0 radical (unpaired) electrons. The minimum absolute atomic E-state index is 0.146. The third-order valence-corrected chi connectivity index (χ3v) is 3.01. The summed E-state index contributed by atoms with van der Waals surface area (Å²) in [6.45, 7) is 10.1. The monoisotopic (exact) mass is 304 g/mol. The fraction of sp³-hybridized carbons (Fsp3) is 0.529. The van der Waals surface area contributed by atoms with Gasteiger partial charge in [0.15, 0.2) is 0 Å². The first-order chi connectivity index (χ1) is 10.5. The normalized spacial score (nSPS) is 11.6. The fourth-order valence-corrected chi connectivity index (χ4v) is 1.80. The van der Waals surface area contributed by atoms with Crippen LogP contribution in [0.1, 0.15) is 40.0 Å². The van der Waals surface area contributed by atoms with Gasteiger partial charge in [0.05, 0.1) is 6.61 Å². The lowest BCUT2D eigenvalue weighted by Gasteiger charge is -2.11. The Morgan fingerprint density at radius 3 is 2.32 bits per heavy atom. The van der Waals surface area contributed by atoms with Gasteiger partial charge >= 0.3 is 0 Å². The first kappa shape index (κ1) is 16.5. The van der Waals surface area contributed by atoms with E-state index in [1.54, 1.807) is 0 Å². The van der Waals surface area contributed by atoms with Gasteiger partial charge < -0.3 is 13.9 Å². The summed E-state index contributed by atoms with van der Waals surface area (Å²) in [5.74, 6) is 1.97. The van der Waals surface area contributed by atoms with E-state index >= 15 is 0 Å². The van der Waals surface area contributed by atoms with Crippen molar-refractivity contribution < 1.29 is 13.9 Å². The van der Waals surface area contributed by atoms with Gasteiger partial charge in [-0.2, -0.15) is 0 Å². The molecule has 5 heteroatoms. The van der Waals surface area contributed by atoms with Crippen LogP contribution in [0.4, 0.5) is 0 Å². The number of hydrogen-bond acceptors (Lipinski definition) is 5. The first-order valence-corrected chi connectivity index (χ1v) is 7.65. The Balaban J connectivity index is 1.93. The van der Waals surface area contributed by atoms with Gasteiger partial charge in [0.25, 0.3) is 0 Å². The molecule has 1 aromatic carbocycles. The van der Waals surface area contributed by atoms with Crippen LogP contribution < -0.4 is 4.74 Å². The molecule has 5 nitrogen and oxygen atoms in total. The Hall–Kier alpha value is -1.88. The van der Waals surface area contributed by atoms with Crippen LogP contribution in [0.5, 0.6) is 5.75 Å². The highest BCUT2D eigenvalue weighted by molar-refractivity contribution is 5.54. The lowest BCUT2D eigenvalue weighted by Crippen LogP contribution is -2.11. The molecule has 0 aliphatic carbocycles. The van der Waals surface area contributed by atoms with Crippen LogP contribution in [0, 0.1) is 0 Å². The molecule has 22 heavy (non-hydrogen) atoms. The predicted molar refractivity (Wildman–Crippen MR) is 85.0 cm³/mol. The van der Waals surface area contributed by atoms with E-state index in [1.165, 1.54) is 0 Å². The van der Waals surface area contributed by atoms with Crippen molar-refractivity contribution in [2.45, 2.75) is 39.5 Å². The van der Waals surface area contributed by atoms with Crippen molar-refractivity contribution >= 4 is 0 Å². The molecule has 0 aliphatic rings. The zero-order chi connectivity index (χ0) is 16.0. The molecular weight excluding hydrogens is 280 g/mol. The van der Waals surface area contributed by atoms with Gasteiger partial charge in [0.1, 0.15) is 12.4 Å². The Labute approximate surface area is 131 Å². The second-order valence-electron chi connectivity index (χ2n) is 6.15. The molecule has 1 heterocycles. The maximum atomic E-state index is 5.72. The number of rotatable bonds is 7. The average Bonchev–Trinajstić information content (AvgIpc) is 2.98. The lowest BCUT2D eigenvalue weighted by atomic mass is 9.97. The molecule has 120 valence electrons. The summed E-state index contributed by atoms with van der Waals surface area (Å²) in [5, 5.41) is 8.20. The van der Waals surface area contributed by atoms with Crippen molar-refractivity contribution in [1.29, 1.82) is 0 Å². The van der Waals surface area contributed by atoms with Crippen molar-refractivity contribution in [2.75, 3.05) is 19.8 Å². The molecule has 0 atom stereocenters. The van der Waals surface area contributed by atoms with Gasteiger partial charge in [-0.3, -0.25) is 0 Å². The van der Waals surface area contributed by atoms with Crippen molar-refractivity contribution in [3.05, 3.63) is 30.2 Å². The largest absolute Gasteiger partial charge is 0.491 e. The quantitative estimate of drug-likeness (QED) is 0.727. The van der Waals surface area contributed by atoms with Crippen molar-refractivity contribution in [3.8, 4) is 17.2 Å². The van der Waals surface area contributed by atoms with E-state index in [9.17, 15) is 0 Å². The van der Waals surface area contributed by atoms with Crippen LogP contribution in [0.25, 0.3) is 11.5 Å². The molecule has 0 aliphatic heterocycles. The van der Waals surface area contributed by atoms with Crippen LogP contribution in [0.15, 0.2) is 28.7 Å². The first-order valence-electron chi connectivity index (χ1n) is 7.65. The Kier molecular flexibility index (Phi) is 5.55. The third kappa shape index (κ3) is 4.56. The third-order valence-electron chi connectivity index (χ3n) is 3.01. The number of benzene rings is 1. The standard InChI is InChI=1S/C17H24N2O3/c1-5-10-20-11-12-21-14-8-6-13(7-9-14)15-18-19-16(22-15)17(2,3)4/h6-9H,5,10-12H2,1-4H3. The van der Waals surface area contributed by atoms with Crippen molar-refractivity contribution in [3.63, 3.8) is 0 Å². The summed E-state index contributed by atoms with van der Waals surface area (Å²) in [6, 6.07) is 7.64. The summed E-state index contributed by atoms with van der Waals surface area (Å²) in [7, 11) is 0. The molecule has 0 unspecified atom stereocenters. The Morgan fingerprint density at radius 2 is 1.73 bits per heavy atom. The van der Waals surface area contributed by atoms with E-state index in [0.717, 1.165) is 24.3 Å². The molecule has 0 amide bonds. The van der Waals surface area contributed by atoms with E-state index in [0.29, 0.717) is 25.0 Å². The number of ether oxygens (including phenoxy) is 2. The summed E-state index contributed by atoms with van der Waals surface area (Å²) in [4.78, 5) is 0. The molecule has 1 aromatic heterocycles. The highest BCUT2D eigenvalue weighted by atomic mass is 16.5. The zero-order valence-electron chi connectivity index (χ0n) is 13.8. The number of nitrogens with zero attached hydrogens (tertiary/aromatic N) is 2. The molecule has 0 N–H and O–H groups in total. The van der Waals surface area contributed by atoms with Gasteiger partial charge in [0.2, 0.25) is 11.8 Å². The van der Waals surface area contributed by atoms with Crippen molar-refractivity contribution in [1.82, 2.24) is 10.2 Å². The van der Waals surface area contributed by atoms with Crippen LogP contribution in [0.2, 0.25) is 0 Å². The predicted octanol–water partition coefficient (Wildman–Crippen LogP) is 3.84. The molecule has 2 rings (SSSR count). The topological polar surface area (TPSA) is 57.4 Å². The molecule has 2 aromatic rings. The van der Waals surface area contributed by atoms with E-state index in [4.69, 9.17) is 13.9 Å². The Morgan fingerprint density at radius 1 is 1.00 bits per heavy atom. The van der Waals surface area contributed by atoms with Crippen LogP contribution >= 0.6 is 0 Å². The van der Waals surface area contributed by atoms with Gasteiger partial charge in [0, 0.05) is 17.6 Å². The molecule has 0 fully saturated rings. The number of hydrogen-bond donors (Lipinski definition) is 0. The second kappa shape index (κ2) is 7.40. The molecule has 0 bridgehead atoms. The highest BCUT2D eigenvalue weighted by Crippen LogP contribution is 2.26. The van der Waals surface area contributed by atoms with E-state index in [2.05, 4.69) is 17.1 Å². The van der Waals surface area contributed by atoms with E-state index in [-0.39, 0.29) is 5.41 Å². The van der Waals surface area contributed by atoms with E-state index < -0.39 is 0 Å². The summed E-state index contributed by atoms with van der Waals surface area (Å²) in [6.07, 6.45) is 1.02. The zero-order valence-corrected chi connectivity index (χ0v) is 13.8. The van der Waals surface area contributed by atoms with Gasteiger partial charge in [-0.25, -0.2) is 0 Å².